The lowest BCUT2D eigenvalue weighted by atomic mass is 10.1. The number of nitrogens with zero attached hydrogens (tertiary/aromatic N) is 3. The van der Waals surface area contributed by atoms with E-state index in [-0.39, 0.29) is 24.0 Å². The highest BCUT2D eigenvalue weighted by molar-refractivity contribution is 14.0. The fourth-order valence-electron chi connectivity index (χ4n) is 3.25. The number of rotatable bonds is 8. The molecule has 0 aliphatic carbocycles. The van der Waals surface area contributed by atoms with Gasteiger partial charge >= 0.3 is 0 Å². The van der Waals surface area contributed by atoms with E-state index >= 15 is 0 Å². The summed E-state index contributed by atoms with van der Waals surface area (Å²) >= 11 is 0. The number of aliphatic imine (C=N–C) groups is 1. The molecule has 6 nitrogen and oxygen atoms in total. The molecule has 1 heterocycles. The van der Waals surface area contributed by atoms with Crippen molar-refractivity contribution < 1.29 is 4.74 Å². The first-order chi connectivity index (χ1) is 13.0. The van der Waals surface area contributed by atoms with Crippen LogP contribution in [0.5, 0.6) is 5.75 Å². The normalized spacial score (nSPS) is 11.1. The molecule has 0 fully saturated rings. The average Bonchev–Trinajstić information content (AvgIpc) is 2.99. The Kier molecular flexibility index (Phi) is 10.3. The summed E-state index contributed by atoms with van der Waals surface area (Å²) < 4.78 is 7.49. The summed E-state index contributed by atoms with van der Waals surface area (Å²) in [7, 11) is 3.72. The zero-order chi connectivity index (χ0) is 19.8. The first-order valence-corrected chi connectivity index (χ1v) is 9.73. The van der Waals surface area contributed by atoms with Gasteiger partial charge in [0.25, 0.3) is 0 Å². The lowest BCUT2D eigenvalue weighted by Gasteiger charge is -2.13. The van der Waals surface area contributed by atoms with Crippen LogP contribution in [0.3, 0.4) is 0 Å². The van der Waals surface area contributed by atoms with Crippen molar-refractivity contribution in [1.82, 2.24) is 20.4 Å². The molecular weight excluding hydrogens is 465 g/mol. The van der Waals surface area contributed by atoms with Gasteiger partial charge in [0, 0.05) is 37.0 Å². The Bertz CT molecular complexity index is 785. The molecule has 2 rings (SSSR count). The predicted molar refractivity (Wildman–Crippen MR) is 127 cm³/mol. The van der Waals surface area contributed by atoms with Crippen LogP contribution < -0.4 is 15.4 Å². The van der Waals surface area contributed by atoms with Gasteiger partial charge in [-0.2, -0.15) is 5.10 Å². The lowest BCUT2D eigenvalue weighted by Crippen LogP contribution is -2.37. The van der Waals surface area contributed by atoms with Crippen molar-refractivity contribution >= 4 is 29.9 Å². The molecule has 1 aromatic carbocycles. The number of hydrogen-bond acceptors (Lipinski definition) is 3. The first-order valence-electron chi connectivity index (χ1n) is 9.73. The Morgan fingerprint density at radius 3 is 2.54 bits per heavy atom. The predicted octanol–water partition coefficient (Wildman–Crippen LogP) is 3.74. The van der Waals surface area contributed by atoms with Crippen LogP contribution in [-0.2, 0) is 33.0 Å². The monoisotopic (exact) mass is 499 g/mol. The van der Waals surface area contributed by atoms with Crippen LogP contribution in [0, 0.1) is 6.92 Å². The van der Waals surface area contributed by atoms with Crippen molar-refractivity contribution in [3.05, 3.63) is 46.3 Å². The summed E-state index contributed by atoms with van der Waals surface area (Å²) in [6.45, 7) is 10.5. The molecule has 2 aromatic rings. The third-order valence-electron chi connectivity index (χ3n) is 4.65. The average molecular weight is 499 g/mol. The smallest absolute Gasteiger partial charge is 0.191 e. The Labute approximate surface area is 186 Å². The molecule has 0 bridgehead atoms. The lowest BCUT2D eigenvalue weighted by molar-refractivity contribution is 0.409. The van der Waals surface area contributed by atoms with Gasteiger partial charge in [0.05, 0.1) is 19.3 Å². The summed E-state index contributed by atoms with van der Waals surface area (Å²) in [6, 6.07) is 6.21. The molecule has 0 spiro atoms. The van der Waals surface area contributed by atoms with Crippen LogP contribution >= 0.6 is 24.0 Å². The third kappa shape index (κ3) is 6.12. The Balaban J connectivity index is 0.00000392. The number of halogens is 1. The van der Waals surface area contributed by atoms with Crippen LogP contribution in [-0.4, -0.2) is 29.4 Å². The van der Waals surface area contributed by atoms with Crippen LogP contribution in [0.25, 0.3) is 0 Å². The number of hydrogen-bond donors (Lipinski definition) is 2. The Hall–Kier alpha value is -1.77. The minimum Gasteiger partial charge on any atom is -0.496 e. The van der Waals surface area contributed by atoms with Gasteiger partial charge in [0.15, 0.2) is 5.96 Å². The van der Waals surface area contributed by atoms with E-state index in [0.717, 1.165) is 48.9 Å². The van der Waals surface area contributed by atoms with E-state index in [0.29, 0.717) is 6.54 Å². The topological polar surface area (TPSA) is 63.5 Å². The molecule has 1 aromatic heterocycles. The van der Waals surface area contributed by atoms with E-state index < -0.39 is 0 Å². The third-order valence-corrected chi connectivity index (χ3v) is 4.65. The maximum Gasteiger partial charge on any atom is 0.191 e. The molecule has 0 unspecified atom stereocenters. The quantitative estimate of drug-likeness (QED) is 0.330. The van der Waals surface area contributed by atoms with Crippen LogP contribution in [0.15, 0.2) is 23.2 Å². The summed E-state index contributed by atoms with van der Waals surface area (Å²) in [5.41, 5.74) is 5.96. The number of aryl methyl sites for hydroxylation is 3. The van der Waals surface area contributed by atoms with Crippen LogP contribution in [0.4, 0.5) is 0 Å². The number of methoxy groups -OCH3 is 1. The largest absolute Gasteiger partial charge is 0.496 e. The van der Waals surface area contributed by atoms with Gasteiger partial charge in [-0.15, -0.1) is 24.0 Å². The molecular formula is C21H34IN5O. The minimum absolute atomic E-state index is 0. The summed E-state index contributed by atoms with van der Waals surface area (Å²) in [6.07, 6.45) is 1.90. The van der Waals surface area contributed by atoms with E-state index in [1.54, 1.807) is 7.11 Å². The van der Waals surface area contributed by atoms with Crippen molar-refractivity contribution in [3.8, 4) is 5.75 Å². The minimum atomic E-state index is 0. The molecule has 0 aliphatic rings. The first kappa shape index (κ1) is 24.3. The number of ether oxygens (including phenoxy) is 1. The molecule has 2 N–H and O–H groups in total. The number of benzene rings is 1. The fourth-order valence-corrected chi connectivity index (χ4v) is 3.25. The second kappa shape index (κ2) is 11.9. The molecule has 0 saturated heterocycles. The fraction of sp³-hybridized carbons (Fsp3) is 0.524. The van der Waals surface area contributed by atoms with Gasteiger partial charge in [-0.05, 0) is 38.3 Å². The highest BCUT2D eigenvalue weighted by Gasteiger charge is 2.14. The van der Waals surface area contributed by atoms with Crippen LogP contribution in [0.2, 0.25) is 0 Å². The molecule has 7 heteroatoms. The SMILES string of the molecule is CCNC(=NCc1ccc(C)cc1OC)NCc1c(CC)nn(C)c1CC.I. The van der Waals surface area contributed by atoms with Gasteiger partial charge < -0.3 is 15.4 Å². The molecule has 0 atom stereocenters. The van der Waals surface area contributed by atoms with Gasteiger partial charge in [0.1, 0.15) is 5.75 Å². The maximum absolute atomic E-state index is 5.49. The Morgan fingerprint density at radius 1 is 1.18 bits per heavy atom. The zero-order valence-electron chi connectivity index (χ0n) is 17.9. The van der Waals surface area contributed by atoms with Crippen molar-refractivity contribution in [2.24, 2.45) is 12.0 Å². The molecule has 0 amide bonds. The summed E-state index contributed by atoms with van der Waals surface area (Å²) in [5.74, 6) is 1.68. The maximum atomic E-state index is 5.49. The molecule has 28 heavy (non-hydrogen) atoms. The van der Waals surface area contributed by atoms with E-state index in [1.165, 1.54) is 16.8 Å². The second-order valence-corrected chi connectivity index (χ2v) is 6.57. The molecule has 156 valence electrons. The highest BCUT2D eigenvalue weighted by atomic mass is 127. The Morgan fingerprint density at radius 2 is 1.93 bits per heavy atom. The van der Waals surface area contributed by atoms with Crippen LogP contribution in [0.1, 0.15) is 48.8 Å². The van der Waals surface area contributed by atoms with E-state index in [4.69, 9.17) is 9.73 Å². The van der Waals surface area contributed by atoms with Gasteiger partial charge in [-0.1, -0.05) is 26.0 Å². The second-order valence-electron chi connectivity index (χ2n) is 6.57. The van der Waals surface area contributed by atoms with Crippen molar-refractivity contribution in [2.45, 2.75) is 53.6 Å². The van der Waals surface area contributed by atoms with E-state index in [9.17, 15) is 0 Å². The van der Waals surface area contributed by atoms with Gasteiger partial charge in [-0.3, -0.25) is 4.68 Å². The summed E-state index contributed by atoms with van der Waals surface area (Å²) in [4.78, 5) is 4.74. The summed E-state index contributed by atoms with van der Waals surface area (Å²) in [5, 5.41) is 11.4. The van der Waals surface area contributed by atoms with Crippen molar-refractivity contribution in [1.29, 1.82) is 0 Å². The molecule has 0 radical (unpaired) electrons. The number of aromatic nitrogens is 2. The van der Waals surface area contributed by atoms with Crippen molar-refractivity contribution in [2.75, 3.05) is 13.7 Å². The van der Waals surface area contributed by atoms with E-state index in [2.05, 4.69) is 55.6 Å². The molecule has 0 saturated carbocycles. The van der Waals surface area contributed by atoms with Gasteiger partial charge in [-0.25, -0.2) is 4.99 Å². The van der Waals surface area contributed by atoms with Gasteiger partial charge in [0.2, 0.25) is 0 Å². The standard InChI is InChI=1S/C21H33N5O.HI/c1-7-18-17(19(8-2)26(5)25-18)14-24-21(22-9-3)23-13-16-11-10-15(4)12-20(16)27-6;/h10-12H,7-9,13-14H2,1-6H3,(H2,22,23,24);1H. The number of nitrogens with one attached hydrogen (secondary N) is 2. The highest BCUT2D eigenvalue weighted by Crippen LogP contribution is 2.20. The zero-order valence-corrected chi connectivity index (χ0v) is 20.3. The number of guanidine groups is 1. The van der Waals surface area contributed by atoms with Crippen molar-refractivity contribution in [3.63, 3.8) is 0 Å². The molecule has 0 aliphatic heterocycles. The van der Waals surface area contributed by atoms with E-state index in [1.807, 2.05) is 17.8 Å².